The molecule has 0 saturated carbocycles. The van der Waals surface area contributed by atoms with Crippen LogP contribution in [0.15, 0.2) is 47.4 Å². The third kappa shape index (κ3) is 3.04. The maximum absolute atomic E-state index is 4.42. The molecule has 5 nitrogen and oxygen atoms in total. The van der Waals surface area contributed by atoms with Crippen molar-refractivity contribution in [3.8, 4) is 5.69 Å². The number of hydrogen-bond acceptors (Lipinski definition) is 5. The van der Waals surface area contributed by atoms with Crippen LogP contribution in [0.1, 0.15) is 11.4 Å². The molecule has 6 heteroatoms. The molecule has 2 aromatic heterocycles. The van der Waals surface area contributed by atoms with Crippen molar-refractivity contribution in [3.05, 3.63) is 58.8 Å². The SMILES string of the molecule is c1ccc(-n2ncc(CNCc3cscn3)n2)cc1. The maximum atomic E-state index is 4.42. The summed E-state index contributed by atoms with van der Waals surface area (Å²) in [5, 5.41) is 14.0. The minimum absolute atomic E-state index is 0.685. The zero-order valence-corrected chi connectivity index (χ0v) is 11.0. The van der Waals surface area contributed by atoms with Gasteiger partial charge in [-0.05, 0) is 12.1 Å². The van der Waals surface area contributed by atoms with Gasteiger partial charge in [-0.2, -0.15) is 15.0 Å². The highest BCUT2D eigenvalue weighted by Crippen LogP contribution is 2.04. The number of nitrogens with one attached hydrogen (secondary N) is 1. The van der Waals surface area contributed by atoms with Gasteiger partial charge >= 0.3 is 0 Å². The third-order valence-electron chi connectivity index (χ3n) is 2.62. The van der Waals surface area contributed by atoms with E-state index in [2.05, 4.69) is 20.5 Å². The average molecular weight is 271 g/mol. The second-order valence-corrected chi connectivity index (χ2v) is 4.76. The first-order chi connectivity index (χ1) is 9.42. The smallest absolute Gasteiger partial charge is 0.0969 e. The number of nitrogens with zero attached hydrogens (tertiary/aromatic N) is 4. The van der Waals surface area contributed by atoms with Crippen molar-refractivity contribution in [3.63, 3.8) is 0 Å². The normalized spacial score (nSPS) is 10.7. The highest BCUT2D eigenvalue weighted by molar-refractivity contribution is 7.07. The van der Waals surface area contributed by atoms with Gasteiger partial charge in [-0.25, -0.2) is 4.98 Å². The molecule has 0 radical (unpaired) electrons. The zero-order valence-electron chi connectivity index (χ0n) is 10.2. The highest BCUT2D eigenvalue weighted by atomic mass is 32.1. The fourth-order valence-electron chi connectivity index (χ4n) is 1.70. The van der Waals surface area contributed by atoms with E-state index < -0.39 is 0 Å². The van der Waals surface area contributed by atoms with Gasteiger partial charge in [-0.3, -0.25) is 0 Å². The summed E-state index contributed by atoms with van der Waals surface area (Å²) in [6.45, 7) is 1.44. The van der Waals surface area contributed by atoms with Crippen molar-refractivity contribution >= 4 is 11.3 Å². The summed E-state index contributed by atoms with van der Waals surface area (Å²) in [4.78, 5) is 5.85. The Bertz CT molecular complexity index is 618. The highest BCUT2D eigenvalue weighted by Gasteiger charge is 2.02. The van der Waals surface area contributed by atoms with Gasteiger partial charge in [-0.15, -0.1) is 11.3 Å². The molecule has 1 N–H and O–H groups in total. The molecule has 96 valence electrons. The lowest BCUT2D eigenvalue weighted by molar-refractivity contribution is 0.655. The van der Waals surface area contributed by atoms with Gasteiger partial charge in [0.15, 0.2) is 0 Å². The molecule has 0 aliphatic heterocycles. The maximum Gasteiger partial charge on any atom is 0.0969 e. The molecule has 0 saturated heterocycles. The Kier molecular flexibility index (Phi) is 3.62. The molecule has 0 fully saturated rings. The Labute approximate surface area is 114 Å². The summed E-state index contributed by atoms with van der Waals surface area (Å²) in [6.07, 6.45) is 1.78. The van der Waals surface area contributed by atoms with Gasteiger partial charge in [0, 0.05) is 18.5 Å². The van der Waals surface area contributed by atoms with E-state index in [0.717, 1.165) is 23.6 Å². The zero-order chi connectivity index (χ0) is 12.9. The van der Waals surface area contributed by atoms with E-state index in [-0.39, 0.29) is 0 Å². The van der Waals surface area contributed by atoms with E-state index in [0.29, 0.717) is 6.54 Å². The molecule has 0 aliphatic rings. The van der Waals surface area contributed by atoms with Gasteiger partial charge in [0.1, 0.15) is 0 Å². The van der Waals surface area contributed by atoms with Gasteiger partial charge in [0.25, 0.3) is 0 Å². The van der Waals surface area contributed by atoms with Crippen LogP contribution in [0, 0.1) is 0 Å². The van der Waals surface area contributed by atoms with Crippen molar-refractivity contribution in [2.45, 2.75) is 13.1 Å². The van der Waals surface area contributed by atoms with Crippen molar-refractivity contribution in [2.24, 2.45) is 0 Å². The molecular formula is C13H13N5S. The molecule has 19 heavy (non-hydrogen) atoms. The topological polar surface area (TPSA) is 55.6 Å². The van der Waals surface area contributed by atoms with Gasteiger partial charge in [0.05, 0.1) is 28.8 Å². The quantitative estimate of drug-likeness (QED) is 0.771. The molecule has 0 amide bonds. The predicted octanol–water partition coefficient (Wildman–Crippen LogP) is 2.01. The summed E-state index contributed by atoms with van der Waals surface area (Å²) >= 11 is 1.60. The first-order valence-electron chi connectivity index (χ1n) is 5.96. The molecule has 3 aromatic rings. The lowest BCUT2D eigenvalue weighted by Gasteiger charge is -1.99. The summed E-state index contributed by atoms with van der Waals surface area (Å²) < 4.78 is 0. The van der Waals surface area contributed by atoms with Crippen LogP contribution in [-0.4, -0.2) is 20.0 Å². The number of aromatic nitrogens is 4. The van der Waals surface area contributed by atoms with Gasteiger partial charge in [0.2, 0.25) is 0 Å². The second-order valence-electron chi connectivity index (χ2n) is 4.04. The van der Waals surface area contributed by atoms with E-state index in [4.69, 9.17) is 0 Å². The number of hydrogen-bond donors (Lipinski definition) is 1. The van der Waals surface area contributed by atoms with Crippen LogP contribution in [0.3, 0.4) is 0 Å². The van der Waals surface area contributed by atoms with E-state index in [1.807, 2.05) is 41.2 Å². The Hall–Kier alpha value is -2.05. The van der Waals surface area contributed by atoms with Crippen LogP contribution >= 0.6 is 11.3 Å². The number of thiazole rings is 1. The lowest BCUT2D eigenvalue weighted by Crippen LogP contribution is -2.13. The van der Waals surface area contributed by atoms with Gasteiger partial charge in [-0.1, -0.05) is 18.2 Å². The second kappa shape index (κ2) is 5.73. The van der Waals surface area contributed by atoms with E-state index >= 15 is 0 Å². The molecule has 0 bridgehead atoms. The summed E-state index contributed by atoms with van der Waals surface area (Å²) in [5.41, 5.74) is 4.77. The van der Waals surface area contributed by atoms with Crippen LogP contribution in [0.2, 0.25) is 0 Å². The minimum Gasteiger partial charge on any atom is -0.305 e. The number of benzene rings is 1. The van der Waals surface area contributed by atoms with Crippen LogP contribution in [-0.2, 0) is 13.1 Å². The molecule has 0 unspecified atom stereocenters. The first-order valence-corrected chi connectivity index (χ1v) is 6.90. The Morgan fingerprint density at radius 2 is 1.95 bits per heavy atom. The fourth-order valence-corrected chi connectivity index (χ4v) is 2.26. The number of para-hydroxylation sites is 1. The molecule has 0 atom stereocenters. The summed E-state index contributed by atoms with van der Waals surface area (Å²) in [5.74, 6) is 0. The van der Waals surface area contributed by atoms with E-state index in [1.165, 1.54) is 0 Å². The molecule has 1 aromatic carbocycles. The van der Waals surface area contributed by atoms with Crippen molar-refractivity contribution in [1.29, 1.82) is 0 Å². The van der Waals surface area contributed by atoms with Crippen molar-refractivity contribution in [1.82, 2.24) is 25.3 Å². The average Bonchev–Trinajstić information content (AvgIpc) is 3.11. The molecule has 0 aliphatic carbocycles. The van der Waals surface area contributed by atoms with E-state index in [1.54, 1.807) is 22.3 Å². The monoisotopic (exact) mass is 271 g/mol. The standard InChI is InChI=1S/C13H13N5S/c1-2-4-13(5-3-1)18-16-8-11(17-18)6-14-7-12-9-19-10-15-12/h1-5,8-10,14H,6-7H2. The summed E-state index contributed by atoms with van der Waals surface area (Å²) in [6, 6.07) is 9.88. The van der Waals surface area contributed by atoms with Crippen molar-refractivity contribution in [2.75, 3.05) is 0 Å². The van der Waals surface area contributed by atoms with Crippen LogP contribution in [0.5, 0.6) is 0 Å². The summed E-state index contributed by atoms with van der Waals surface area (Å²) in [7, 11) is 0. The van der Waals surface area contributed by atoms with Crippen LogP contribution < -0.4 is 5.32 Å². The molecule has 0 spiro atoms. The van der Waals surface area contributed by atoms with Crippen molar-refractivity contribution < 1.29 is 0 Å². The fraction of sp³-hybridized carbons (Fsp3) is 0.154. The van der Waals surface area contributed by atoms with Crippen LogP contribution in [0.4, 0.5) is 0 Å². The molecule has 3 rings (SSSR count). The Morgan fingerprint density at radius 1 is 1.11 bits per heavy atom. The predicted molar refractivity (Wildman–Crippen MR) is 74.0 cm³/mol. The van der Waals surface area contributed by atoms with Crippen LogP contribution in [0.25, 0.3) is 5.69 Å². The third-order valence-corrected chi connectivity index (χ3v) is 3.26. The Balaban J connectivity index is 1.59. The van der Waals surface area contributed by atoms with E-state index in [9.17, 15) is 0 Å². The minimum atomic E-state index is 0.685. The first kappa shape index (κ1) is 12.0. The molecular weight excluding hydrogens is 258 g/mol. The number of rotatable bonds is 5. The molecule has 2 heterocycles. The van der Waals surface area contributed by atoms with Gasteiger partial charge < -0.3 is 5.32 Å². The Morgan fingerprint density at radius 3 is 2.74 bits per heavy atom. The lowest BCUT2D eigenvalue weighted by atomic mass is 10.3. The largest absolute Gasteiger partial charge is 0.305 e.